The number of carbonyl (C=O) groups is 2. The van der Waals surface area contributed by atoms with E-state index in [1.165, 1.54) is 9.80 Å². The molecule has 0 aromatic heterocycles. The highest BCUT2D eigenvalue weighted by Gasteiger charge is 2.40. The number of amides is 2. The first-order valence-corrected chi connectivity index (χ1v) is 9.22. The second kappa shape index (κ2) is 7.00. The highest BCUT2D eigenvalue weighted by Crippen LogP contribution is 2.40. The van der Waals surface area contributed by atoms with Crippen LogP contribution in [0, 0.1) is 0 Å². The Bertz CT molecular complexity index is 854. The molecule has 5 heteroatoms. The fraction of sp³-hybridized carbons (Fsp3) is 0.286. The summed E-state index contributed by atoms with van der Waals surface area (Å²) in [4.78, 5) is 29.2. The predicted molar refractivity (Wildman–Crippen MR) is 107 cm³/mol. The smallest absolute Gasteiger partial charge is 0.266 e. The molecule has 1 heterocycles. The second-order valence-corrected chi connectivity index (χ2v) is 6.69. The van der Waals surface area contributed by atoms with Crippen LogP contribution in [0.3, 0.4) is 0 Å². The zero-order valence-electron chi connectivity index (χ0n) is 15.3. The molecule has 1 atom stereocenters. The van der Waals surface area contributed by atoms with Crippen molar-refractivity contribution in [2.75, 3.05) is 13.1 Å². The van der Waals surface area contributed by atoms with E-state index in [0.29, 0.717) is 18.7 Å². The average molecular weight is 366 g/mol. The third-order valence-electron chi connectivity index (χ3n) is 5.05. The van der Waals surface area contributed by atoms with E-state index in [9.17, 15) is 9.59 Å². The van der Waals surface area contributed by atoms with Gasteiger partial charge in [0.15, 0.2) is 5.11 Å². The van der Waals surface area contributed by atoms with E-state index in [-0.39, 0.29) is 28.4 Å². The zero-order chi connectivity index (χ0) is 19.0. The second-order valence-electron chi connectivity index (χ2n) is 6.33. The van der Waals surface area contributed by atoms with Crippen molar-refractivity contribution in [2.24, 2.45) is 0 Å². The first-order valence-electron chi connectivity index (χ1n) is 8.81. The average Bonchev–Trinajstić information content (AvgIpc) is 2.64. The molecule has 3 rings (SSSR count). The maximum absolute atomic E-state index is 13.1. The van der Waals surface area contributed by atoms with Crippen molar-refractivity contribution in [3.63, 3.8) is 0 Å². The minimum absolute atomic E-state index is 0.160. The van der Waals surface area contributed by atoms with Crippen LogP contribution in [0.25, 0.3) is 5.57 Å². The van der Waals surface area contributed by atoms with Crippen LogP contribution in [0.5, 0.6) is 0 Å². The summed E-state index contributed by atoms with van der Waals surface area (Å²) in [5.74, 6) is -0.495. The summed E-state index contributed by atoms with van der Waals surface area (Å²) in [7, 11) is 0. The normalized spacial score (nSPS) is 20.3. The zero-order valence-corrected chi connectivity index (χ0v) is 16.1. The third-order valence-corrected chi connectivity index (χ3v) is 5.49. The van der Waals surface area contributed by atoms with E-state index in [0.717, 1.165) is 16.7 Å². The Hall–Kier alpha value is -2.53. The summed E-state index contributed by atoms with van der Waals surface area (Å²) >= 11 is 5.35. The number of hydrogen-bond donors (Lipinski definition) is 0. The van der Waals surface area contributed by atoms with Crippen molar-refractivity contribution in [3.8, 4) is 0 Å². The number of benzene rings is 1. The van der Waals surface area contributed by atoms with Crippen molar-refractivity contribution >= 4 is 34.7 Å². The minimum Gasteiger partial charge on any atom is -0.285 e. The maximum atomic E-state index is 13.1. The van der Waals surface area contributed by atoms with Gasteiger partial charge in [-0.1, -0.05) is 43.8 Å². The summed E-state index contributed by atoms with van der Waals surface area (Å²) in [5, 5.41) is 0.278. The summed E-state index contributed by atoms with van der Waals surface area (Å²) in [6.07, 6.45) is 3.71. The molecule has 1 fully saturated rings. The number of likely N-dealkylation sites (N-methyl/N-ethyl adjacent to an activating group) is 2. The van der Waals surface area contributed by atoms with Crippen molar-refractivity contribution in [1.82, 2.24) is 9.80 Å². The molecule has 1 aliphatic heterocycles. The molecule has 1 saturated heterocycles. The minimum atomic E-state index is -0.328. The molecule has 26 heavy (non-hydrogen) atoms. The van der Waals surface area contributed by atoms with Gasteiger partial charge in [0.05, 0.1) is 0 Å². The van der Waals surface area contributed by atoms with Gasteiger partial charge in [-0.15, -0.1) is 0 Å². The lowest BCUT2D eigenvalue weighted by atomic mass is 9.79. The van der Waals surface area contributed by atoms with Gasteiger partial charge in [-0.05, 0) is 48.8 Å². The molecule has 134 valence electrons. The maximum Gasteiger partial charge on any atom is 0.266 e. The van der Waals surface area contributed by atoms with Gasteiger partial charge in [0.1, 0.15) is 5.57 Å². The summed E-state index contributed by atoms with van der Waals surface area (Å²) in [6, 6.07) is 7.90. The van der Waals surface area contributed by atoms with Crippen molar-refractivity contribution in [3.05, 3.63) is 65.3 Å². The van der Waals surface area contributed by atoms with E-state index in [2.05, 4.69) is 13.5 Å². The van der Waals surface area contributed by atoms with Crippen molar-refractivity contribution in [2.45, 2.75) is 26.7 Å². The number of carbonyl (C=O) groups excluding carboxylic acids is 2. The molecule has 0 radical (unpaired) electrons. The topological polar surface area (TPSA) is 40.6 Å². The molecular formula is C21H22N2O2S. The van der Waals surface area contributed by atoms with Crippen LogP contribution in [0.2, 0.25) is 0 Å². The Balaban J connectivity index is 2.31. The standard InChI is InChI=1S/C21H22N2O2S/c1-5-14-12-17(16-11-9-8-10-15(16)13(14)4)18-19(24)22(6-2)21(26)23(7-3)20(18)25/h5,8-13H,1,6-7H2,2-4H3. The van der Waals surface area contributed by atoms with Gasteiger partial charge >= 0.3 is 0 Å². The van der Waals surface area contributed by atoms with E-state index in [1.54, 1.807) is 6.08 Å². The molecule has 2 amide bonds. The lowest BCUT2D eigenvalue weighted by molar-refractivity contribution is -0.133. The largest absolute Gasteiger partial charge is 0.285 e. The first kappa shape index (κ1) is 18.3. The quantitative estimate of drug-likeness (QED) is 0.466. The number of hydrogen-bond acceptors (Lipinski definition) is 3. The van der Waals surface area contributed by atoms with Gasteiger partial charge in [-0.2, -0.15) is 0 Å². The van der Waals surface area contributed by atoms with Crippen LogP contribution in [-0.2, 0) is 9.59 Å². The van der Waals surface area contributed by atoms with Crippen LogP contribution in [0.15, 0.2) is 54.1 Å². The van der Waals surface area contributed by atoms with Gasteiger partial charge in [0.2, 0.25) is 0 Å². The van der Waals surface area contributed by atoms with Gasteiger partial charge in [-0.25, -0.2) is 0 Å². The van der Waals surface area contributed by atoms with Crippen molar-refractivity contribution in [1.29, 1.82) is 0 Å². The number of fused-ring (bicyclic) bond motifs is 1. The summed E-state index contributed by atoms with van der Waals surface area (Å²) in [5.41, 5.74) is 3.84. The van der Waals surface area contributed by atoms with Crippen LogP contribution in [0.1, 0.15) is 37.8 Å². The Kier molecular flexibility index (Phi) is 4.92. The molecule has 0 bridgehead atoms. The number of thiocarbonyl (C=S) groups is 1. The lowest BCUT2D eigenvalue weighted by Gasteiger charge is -2.37. The van der Waals surface area contributed by atoms with E-state index in [4.69, 9.17) is 12.2 Å². The lowest BCUT2D eigenvalue weighted by Crippen LogP contribution is -2.56. The molecular weight excluding hydrogens is 344 g/mol. The van der Waals surface area contributed by atoms with E-state index >= 15 is 0 Å². The fourth-order valence-corrected chi connectivity index (χ4v) is 4.00. The highest BCUT2D eigenvalue weighted by atomic mass is 32.1. The molecule has 1 aliphatic carbocycles. The molecule has 1 aromatic carbocycles. The van der Waals surface area contributed by atoms with E-state index in [1.807, 2.05) is 44.2 Å². The summed E-state index contributed by atoms with van der Waals surface area (Å²) in [6.45, 7) is 10.6. The monoisotopic (exact) mass is 366 g/mol. The number of rotatable bonds is 3. The third kappa shape index (κ3) is 2.63. The molecule has 4 nitrogen and oxygen atoms in total. The van der Waals surface area contributed by atoms with Crippen molar-refractivity contribution < 1.29 is 9.59 Å². The molecule has 0 N–H and O–H groups in total. The van der Waals surface area contributed by atoms with Crippen LogP contribution in [-0.4, -0.2) is 39.8 Å². The van der Waals surface area contributed by atoms with Gasteiger partial charge < -0.3 is 0 Å². The molecule has 0 saturated carbocycles. The van der Waals surface area contributed by atoms with Crippen LogP contribution < -0.4 is 0 Å². The Morgan fingerprint density at radius 3 is 2.23 bits per heavy atom. The van der Waals surface area contributed by atoms with E-state index < -0.39 is 0 Å². The molecule has 0 spiro atoms. The Morgan fingerprint density at radius 2 is 1.69 bits per heavy atom. The van der Waals surface area contributed by atoms with Crippen LogP contribution >= 0.6 is 12.2 Å². The Morgan fingerprint density at radius 1 is 1.12 bits per heavy atom. The van der Waals surface area contributed by atoms with Gasteiger partial charge in [-0.3, -0.25) is 19.4 Å². The fourth-order valence-electron chi connectivity index (χ4n) is 3.58. The molecule has 2 aliphatic rings. The van der Waals surface area contributed by atoms with Gasteiger partial charge in [0.25, 0.3) is 11.8 Å². The summed E-state index contributed by atoms with van der Waals surface area (Å²) < 4.78 is 0. The SMILES string of the molecule is C=CC1=CC(=C2C(=O)N(CC)C(=S)N(CC)C2=O)c2ccccc2C1C. The number of allylic oxidation sites excluding steroid dienone is 4. The first-order chi connectivity index (χ1) is 12.5. The molecule has 1 aromatic rings. The number of nitrogens with zero attached hydrogens (tertiary/aromatic N) is 2. The Labute approximate surface area is 159 Å². The molecule has 1 unspecified atom stereocenters. The van der Waals surface area contributed by atoms with Crippen LogP contribution in [0.4, 0.5) is 0 Å². The van der Waals surface area contributed by atoms with Gasteiger partial charge in [0, 0.05) is 24.6 Å². The predicted octanol–water partition coefficient (Wildman–Crippen LogP) is 3.67. The highest BCUT2D eigenvalue weighted by molar-refractivity contribution is 7.80.